The number of benzene rings is 1. The molecule has 0 aromatic heterocycles. The van der Waals surface area contributed by atoms with Crippen LogP contribution in [0.3, 0.4) is 0 Å². The largest absolute Gasteiger partial charge is 0.504 e. The van der Waals surface area contributed by atoms with Gasteiger partial charge in [0.1, 0.15) is 0 Å². The van der Waals surface area contributed by atoms with E-state index in [1.54, 1.807) is 12.1 Å². The van der Waals surface area contributed by atoms with Crippen molar-refractivity contribution >= 4 is 12.0 Å². The fourth-order valence-electron chi connectivity index (χ4n) is 2.17. The van der Waals surface area contributed by atoms with Crippen LogP contribution in [0.1, 0.15) is 57.4 Å². The van der Waals surface area contributed by atoms with Crippen LogP contribution in [-0.2, 0) is 4.79 Å². The molecule has 0 unspecified atom stereocenters. The second kappa shape index (κ2) is 9.06. The van der Waals surface area contributed by atoms with Crippen molar-refractivity contribution in [1.82, 2.24) is 0 Å². The van der Waals surface area contributed by atoms with Crippen LogP contribution in [-0.4, -0.2) is 21.3 Å². The van der Waals surface area contributed by atoms with Gasteiger partial charge in [-0.1, -0.05) is 45.1 Å². The number of carboxylic acids is 1. The molecule has 1 aromatic rings. The Hall–Kier alpha value is -1.97. The van der Waals surface area contributed by atoms with Gasteiger partial charge in [-0.2, -0.15) is 0 Å². The van der Waals surface area contributed by atoms with Gasteiger partial charge in [0.05, 0.1) is 0 Å². The summed E-state index contributed by atoms with van der Waals surface area (Å²) in [6.45, 7) is 2.17. The van der Waals surface area contributed by atoms with E-state index in [1.165, 1.54) is 31.4 Å². The van der Waals surface area contributed by atoms with Gasteiger partial charge in [-0.3, -0.25) is 0 Å². The molecule has 4 nitrogen and oxygen atoms in total. The highest BCUT2D eigenvalue weighted by atomic mass is 16.4. The molecule has 0 fully saturated rings. The van der Waals surface area contributed by atoms with Crippen molar-refractivity contribution in [2.75, 3.05) is 0 Å². The van der Waals surface area contributed by atoms with Crippen molar-refractivity contribution in [3.63, 3.8) is 0 Å². The van der Waals surface area contributed by atoms with Crippen LogP contribution in [0.5, 0.6) is 11.5 Å². The lowest BCUT2D eigenvalue weighted by Gasteiger charge is -2.04. The van der Waals surface area contributed by atoms with Crippen molar-refractivity contribution in [3.05, 3.63) is 29.3 Å². The Kier molecular flexibility index (Phi) is 7.37. The van der Waals surface area contributed by atoms with Crippen molar-refractivity contribution in [2.24, 2.45) is 0 Å². The van der Waals surface area contributed by atoms with Gasteiger partial charge in [0.2, 0.25) is 0 Å². The average molecular weight is 292 g/mol. The molecule has 1 rings (SSSR count). The van der Waals surface area contributed by atoms with Crippen molar-refractivity contribution in [3.8, 4) is 11.5 Å². The molecular formula is C17H24O4. The van der Waals surface area contributed by atoms with Gasteiger partial charge >= 0.3 is 5.97 Å². The number of hydrogen-bond donors (Lipinski definition) is 3. The van der Waals surface area contributed by atoms with Gasteiger partial charge in [-0.25, -0.2) is 4.79 Å². The van der Waals surface area contributed by atoms with E-state index in [-0.39, 0.29) is 11.5 Å². The topological polar surface area (TPSA) is 77.8 Å². The van der Waals surface area contributed by atoms with Crippen molar-refractivity contribution < 1.29 is 20.1 Å². The summed E-state index contributed by atoms with van der Waals surface area (Å²) in [6.07, 6.45) is 8.72. The minimum absolute atomic E-state index is 0.208. The number of hydrogen-bond acceptors (Lipinski definition) is 3. The Morgan fingerprint density at radius 1 is 1.05 bits per heavy atom. The molecule has 21 heavy (non-hydrogen) atoms. The molecule has 0 radical (unpaired) electrons. The molecule has 0 saturated carbocycles. The highest BCUT2D eigenvalue weighted by Crippen LogP contribution is 2.26. The molecule has 4 heteroatoms. The lowest BCUT2D eigenvalue weighted by Crippen LogP contribution is -2.00. The van der Waals surface area contributed by atoms with E-state index >= 15 is 0 Å². The van der Waals surface area contributed by atoms with Crippen LogP contribution in [0.15, 0.2) is 23.8 Å². The summed E-state index contributed by atoms with van der Waals surface area (Å²) in [5.41, 5.74) is 0.907. The quantitative estimate of drug-likeness (QED) is 0.360. The maximum Gasteiger partial charge on any atom is 0.331 e. The summed E-state index contributed by atoms with van der Waals surface area (Å²) < 4.78 is 0. The van der Waals surface area contributed by atoms with Gasteiger partial charge in [-0.05, 0) is 36.6 Å². The average Bonchev–Trinajstić information content (AvgIpc) is 2.45. The summed E-state index contributed by atoms with van der Waals surface area (Å²) >= 11 is 0. The van der Waals surface area contributed by atoms with Gasteiger partial charge in [0.15, 0.2) is 11.5 Å². The maximum atomic E-state index is 11.2. The normalized spacial score (nSPS) is 11.6. The Morgan fingerprint density at radius 3 is 2.33 bits per heavy atom. The molecular weight excluding hydrogens is 268 g/mol. The molecule has 0 spiro atoms. The van der Waals surface area contributed by atoms with E-state index in [0.29, 0.717) is 17.6 Å². The van der Waals surface area contributed by atoms with E-state index < -0.39 is 5.97 Å². The number of carboxylic acid groups (broad SMARTS) is 1. The first-order chi connectivity index (χ1) is 10.0. The zero-order valence-corrected chi connectivity index (χ0v) is 12.5. The van der Waals surface area contributed by atoms with E-state index in [9.17, 15) is 20.1 Å². The molecule has 0 aliphatic carbocycles. The molecule has 0 heterocycles. The number of unbranched alkanes of at least 4 members (excludes halogenated alkanes) is 5. The molecule has 116 valence electrons. The third-order valence-corrected chi connectivity index (χ3v) is 3.41. The summed E-state index contributed by atoms with van der Waals surface area (Å²) in [7, 11) is 0. The fourth-order valence-corrected chi connectivity index (χ4v) is 2.17. The lowest BCUT2D eigenvalue weighted by atomic mass is 10.0. The monoisotopic (exact) mass is 292 g/mol. The Morgan fingerprint density at radius 2 is 1.71 bits per heavy atom. The maximum absolute atomic E-state index is 11.2. The van der Waals surface area contributed by atoms with Crippen LogP contribution < -0.4 is 0 Å². The first-order valence-corrected chi connectivity index (χ1v) is 7.50. The van der Waals surface area contributed by atoms with Crippen molar-refractivity contribution in [2.45, 2.75) is 51.9 Å². The number of aromatic hydroxyl groups is 2. The number of phenolic OH excluding ortho intramolecular Hbond substituents is 2. The number of rotatable bonds is 9. The predicted octanol–water partition coefficient (Wildman–Crippen LogP) is 4.32. The van der Waals surface area contributed by atoms with Gasteiger partial charge < -0.3 is 15.3 Å². The number of phenols is 2. The Labute approximate surface area is 125 Å². The van der Waals surface area contributed by atoms with Crippen LogP contribution in [0, 0.1) is 0 Å². The van der Waals surface area contributed by atoms with Crippen LogP contribution in [0.25, 0.3) is 6.08 Å². The molecule has 0 atom stereocenters. The number of aliphatic carboxylic acids is 1. The molecule has 0 amide bonds. The van der Waals surface area contributed by atoms with Crippen LogP contribution in [0.2, 0.25) is 0 Å². The van der Waals surface area contributed by atoms with Gasteiger partial charge in [0.25, 0.3) is 0 Å². The third-order valence-electron chi connectivity index (χ3n) is 3.41. The zero-order valence-electron chi connectivity index (χ0n) is 12.5. The Balaban J connectivity index is 2.58. The zero-order chi connectivity index (χ0) is 15.7. The first-order valence-electron chi connectivity index (χ1n) is 7.50. The molecule has 0 aliphatic rings. The predicted molar refractivity (Wildman–Crippen MR) is 83.4 cm³/mol. The van der Waals surface area contributed by atoms with Crippen LogP contribution >= 0.6 is 0 Å². The summed E-state index contributed by atoms with van der Waals surface area (Å²) in [5, 5.41) is 27.9. The van der Waals surface area contributed by atoms with Crippen LogP contribution in [0.4, 0.5) is 0 Å². The minimum atomic E-state index is -0.934. The summed E-state index contributed by atoms with van der Waals surface area (Å²) in [4.78, 5) is 11.2. The van der Waals surface area contributed by atoms with Gasteiger partial charge in [0, 0.05) is 5.57 Å². The third kappa shape index (κ3) is 6.34. The lowest BCUT2D eigenvalue weighted by molar-refractivity contribution is -0.132. The van der Waals surface area contributed by atoms with Crippen molar-refractivity contribution in [1.29, 1.82) is 0 Å². The Bertz CT molecular complexity index is 492. The fraction of sp³-hybridized carbons (Fsp3) is 0.471. The molecule has 0 aliphatic heterocycles. The van der Waals surface area contributed by atoms with E-state index in [4.69, 9.17) is 0 Å². The van der Waals surface area contributed by atoms with Gasteiger partial charge in [-0.15, -0.1) is 0 Å². The highest BCUT2D eigenvalue weighted by Gasteiger charge is 2.08. The summed E-state index contributed by atoms with van der Waals surface area (Å²) in [6, 6.07) is 4.30. The minimum Gasteiger partial charge on any atom is -0.504 e. The van der Waals surface area contributed by atoms with E-state index in [2.05, 4.69) is 6.92 Å². The second-order valence-electron chi connectivity index (χ2n) is 5.24. The highest BCUT2D eigenvalue weighted by molar-refractivity contribution is 5.92. The molecule has 0 saturated heterocycles. The first kappa shape index (κ1) is 17.1. The second-order valence-corrected chi connectivity index (χ2v) is 5.24. The standard InChI is InChI=1S/C17H24O4/c1-2-3-4-5-6-7-8-14(17(20)21)11-13-9-10-15(18)16(19)12-13/h9-12,18-19H,2-8H2,1H3,(H,20,21). The number of carbonyl (C=O) groups is 1. The smallest absolute Gasteiger partial charge is 0.331 e. The summed E-state index contributed by atoms with van der Waals surface area (Å²) in [5.74, 6) is -1.39. The van der Waals surface area contributed by atoms with E-state index in [1.807, 2.05) is 0 Å². The molecule has 3 N–H and O–H groups in total. The molecule has 1 aromatic carbocycles. The molecule has 0 bridgehead atoms. The SMILES string of the molecule is CCCCCCCCC(=Cc1ccc(O)c(O)c1)C(=O)O. The van der Waals surface area contributed by atoms with E-state index in [0.717, 1.165) is 19.3 Å².